The first-order valence-electron chi connectivity index (χ1n) is 9.08. The van der Waals surface area contributed by atoms with Gasteiger partial charge in [-0.1, -0.05) is 89.9 Å². The van der Waals surface area contributed by atoms with Crippen LogP contribution in [0.2, 0.25) is 0 Å². The number of unbranched alkanes of at least 4 members (excludes halogenated alkanes) is 15. The minimum atomic E-state index is 0.368. The molecule has 0 atom stereocenters. The molecule has 0 fully saturated rings. The van der Waals surface area contributed by atoms with Crippen LogP contribution in [0.25, 0.3) is 0 Å². The molecule has 0 radical (unpaired) electrons. The maximum atomic E-state index is 8.68. The molecule has 1 N–H and O–H groups in total. The molecule has 20 heavy (non-hydrogen) atoms. The second kappa shape index (κ2) is 19.2. The molecule has 0 aromatic rings. The Morgan fingerprint density at radius 2 is 0.650 bits per heavy atom. The Balaban J connectivity index is 2.89. The van der Waals surface area contributed by atoms with E-state index in [9.17, 15) is 0 Å². The third kappa shape index (κ3) is 18.2. The molecule has 0 aliphatic heterocycles. The van der Waals surface area contributed by atoms with Crippen molar-refractivity contribution in [2.75, 3.05) is 12.5 Å². The summed E-state index contributed by atoms with van der Waals surface area (Å²) in [6, 6.07) is 0. The fourth-order valence-corrected chi connectivity index (χ4v) is 2.87. The molecule has 0 aliphatic carbocycles. The predicted octanol–water partition coefficient (Wildman–Crippen LogP) is 6.46. The lowest BCUT2D eigenvalue weighted by Crippen LogP contribution is -1.85. The highest BCUT2D eigenvalue weighted by molar-refractivity contribution is 6.17. The fraction of sp³-hybridized carbons (Fsp3) is 1.00. The van der Waals surface area contributed by atoms with Gasteiger partial charge in [0.25, 0.3) is 0 Å². The summed E-state index contributed by atoms with van der Waals surface area (Å²) in [5, 5.41) is 8.68. The minimum absolute atomic E-state index is 0.368. The average Bonchev–Trinajstić information content (AvgIpc) is 2.47. The van der Waals surface area contributed by atoms with E-state index in [-0.39, 0.29) is 0 Å². The van der Waals surface area contributed by atoms with E-state index < -0.39 is 0 Å². The van der Waals surface area contributed by atoms with Crippen molar-refractivity contribution >= 4 is 11.6 Å². The first-order valence-corrected chi connectivity index (χ1v) is 9.62. The molecular formula is C18H37ClO. The molecule has 0 bridgehead atoms. The molecule has 0 saturated heterocycles. The van der Waals surface area contributed by atoms with Crippen molar-refractivity contribution in [1.29, 1.82) is 0 Å². The molecule has 0 unspecified atom stereocenters. The quantitative estimate of drug-likeness (QED) is 0.241. The monoisotopic (exact) mass is 304 g/mol. The normalized spacial score (nSPS) is 11.1. The van der Waals surface area contributed by atoms with Gasteiger partial charge in [0.15, 0.2) is 0 Å². The highest BCUT2D eigenvalue weighted by Crippen LogP contribution is 2.13. The third-order valence-electron chi connectivity index (χ3n) is 4.04. The second-order valence-electron chi connectivity index (χ2n) is 6.07. The Bertz CT molecular complexity index is 143. The van der Waals surface area contributed by atoms with Crippen LogP contribution in [0.4, 0.5) is 0 Å². The molecular weight excluding hydrogens is 268 g/mol. The molecule has 0 saturated carbocycles. The van der Waals surface area contributed by atoms with E-state index in [0.29, 0.717) is 6.61 Å². The highest BCUT2D eigenvalue weighted by atomic mass is 35.5. The smallest absolute Gasteiger partial charge is 0.0431 e. The summed E-state index contributed by atoms with van der Waals surface area (Å²) in [6.07, 6.45) is 21.6. The molecule has 122 valence electrons. The Hall–Kier alpha value is 0.250. The van der Waals surface area contributed by atoms with Gasteiger partial charge in [-0.25, -0.2) is 0 Å². The van der Waals surface area contributed by atoms with Crippen molar-refractivity contribution in [2.45, 2.75) is 103 Å². The molecule has 0 spiro atoms. The van der Waals surface area contributed by atoms with Crippen molar-refractivity contribution in [1.82, 2.24) is 0 Å². The van der Waals surface area contributed by atoms with E-state index in [4.69, 9.17) is 16.7 Å². The van der Waals surface area contributed by atoms with E-state index in [1.54, 1.807) is 0 Å². The largest absolute Gasteiger partial charge is 0.396 e. The summed E-state index contributed by atoms with van der Waals surface area (Å²) in [5.41, 5.74) is 0. The van der Waals surface area contributed by atoms with E-state index in [1.807, 2.05) is 0 Å². The van der Waals surface area contributed by atoms with Gasteiger partial charge in [-0.05, 0) is 12.8 Å². The zero-order valence-corrected chi connectivity index (χ0v) is 14.3. The van der Waals surface area contributed by atoms with Gasteiger partial charge in [0, 0.05) is 12.5 Å². The second-order valence-corrected chi connectivity index (χ2v) is 6.45. The number of halogens is 1. The van der Waals surface area contributed by atoms with Gasteiger partial charge in [-0.15, -0.1) is 11.6 Å². The van der Waals surface area contributed by atoms with Crippen LogP contribution in [-0.4, -0.2) is 17.6 Å². The maximum absolute atomic E-state index is 8.68. The fourth-order valence-electron chi connectivity index (χ4n) is 2.68. The number of aliphatic hydroxyl groups excluding tert-OH is 1. The van der Waals surface area contributed by atoms with Crippen LogP contribution in [0, 0.1) is 0 Å². The SMILES string of the molecule is OCCCCCCCCCCCCCCCCCCCl. The number of aliphatic hydroxyl groups is 1. The Kier molecular flexibility index (Phi) is 19.5. The van der Waals surface area contributed by atoms with Crippen LogP contribution in [-0.2, 0) is 0 Å². The van der Waals surface area contributed by atoms with Crippen LogP contribution in [0.15, 0.2) is 0 Å². The van der Waals surface area contributed by atoms with Crippen molar-refractivity contribution in [3.8, 4) is 0 Å². The van der Waals surface area contributed by atoms with Gasteiger partial charge >= 0.3 is 0 Å². The van der Waals surface area contributed by atoms with Crippen molar-refractivity contribution in [2.24, 2.45) is 0 Å². The van der Waals surface area contributed by atoms with Crippen molar-refractivity contribution in [3.63, 3.8) is 0 Å². The van der Waals surface area contributed by atoms with Gasteiger partial charge in [-0.2, -0.15) is 0 Å². The van der Waals surface area contributed by atoms with Gasteiger partial charge in [-0.3, -0.25) is 0 Å². The number of hydrogen-bond acceptors (Lipinski definition) is 1. The van der Waals surface area contributed by atoms with E-state index in [2.05, 4.69) is 0 Å². The molecule has 0 aliphatic rings. The van der Waals surface area contributed by atoms with Crippen LogP contribution in [0.5, 0.6) is 0 Å². The number of rotatable bonds is 17. The van der Waals surface area contributed by atoms with Crippen LogP contribution in [0.3, 0.4) is 0 Å². The molecule has 0 aromatic carbocycles. The standard InChI is InChI=1S/C18H37ClO/c19-17-15-13-11-9-7-5-3-1-2-4-6-8-10-12-14-16-18-20/h20H,1-18H2. The van der Waals surface area contributed by atoms with Gasteiger partial charge in [0.2, 0.25) is 0 Å². The van der Waals surface area contributed by atoms with Crippen LogP contribution in [0.1, 0.15) is 103 Å². The molecule has 1 nitrogen and oxygen atoms in total. The van der Waals surface area contributed by atoms with Crippen molar-refractivity contribution in [3.05, 3.63) is 0 Å². The van der Waals surface area contributed by atoms with Gasteiger partial charge in [0.05, 0.1) is 0 Å². The van der Waals surface area contributed by atoms with Crippen LogP contribution < -0.4 is 0 Å². The molecule has 0 amide bonds. The molecule has 0 aromatic heterocycles. The average molecular weight is 305 g/mol. The van der Waals surface area contributed by atoms with Gasteiger partial charge < -0.3 is 5.11 Å². The summed E-state index contributed by atoms with van der Waals surface area (Å²) in [6.45, 7) is 0.368. The molecule has 0 rings (SSSR count). The maximum Gasteiger partial charge on any atom is 0.0431 e. The Morgan fingerprint density at radius 3 is 0.900 bits per heavy atom. The zero-order valence-electron chi connectivity index (χ0n) is 13.6. The topological polar surface area (TPSA) is 20.2 Å². The molecule has 2 heteroatoms. The van der Waals surface area contributed by atoms with Crippen molar-refractivity contribution < 1.29 is 5.11 Å². The predicted molar refractivity (Wildman–Crippen MR) is 91.7 cm³/mol. The van der Waals surface area contributed by atoms with E-state index in [1.165, 1.54) is 96.3 Å². The third-order valence-corrected chi connectivity index (χ3v) is 4.31. The summed E-state index contributed by atoms with van der Waals surface area (Å²) in [5.74, 6) is 0.835. The lowest BCUT2D eigenvalue weighted by molar-refractivity contribution is 0.282. The summed E-state index contributed by atoms with van der Waals surface area (Å²) in [4.78, 5) is 0. The first-order chi connectivity index (χ1) is 9.91. The van der Waals surface area contributed by atoms with E-state index in [0.717, 1.165) is 12.3 Å². The number of hydrogen-bond donors (Lipinski definition) is 1. The summed E-state index contributed by atoms with van der Waals surface area (Å²) in [7, 11) is 0. The number of alkyl halides is 1. The first kappa shape index (κ1) is 20.2. The zero-order chi connectivity index (χ0) is 14.7. The molecule has 0 heterocycles. The summed E-state index contributed by atoms with van der Waals surface area (Å²) < 4.78 is 0. The Morgan fingerprint density at radius 1 is 0.400 bits per heavy atom. The summed E-state index contributed by atoms with van der Waals surface area (Å²) >= 11 is 5.66. The van der Waals surface area contributed by atoms with Crippen LogP contribution >= 0.6 is 11.6 Å². The highest BCUT2D eigenvalue weighted by Gasteiger charge is 1.94. The van der Waals surface area contributed by atoms with Gasteiger partial charge in [0.1, 0.15) is 0 Å². The lowest BCUT2D eigenvalue weighted by Gasteiger charge is -2.03. The van der Waals surface area contributed by atoms with E-state index >= 15 is 0 Å². The Labute approximate surface area is 132 Å². The minimum Gasteiger partial charge on any atom is -0.396 e. The lowest BCUT2D eigenvalue weighted by atomic mass is 10.0.